The molecule has 0 aromatic heterocycles. The predicted molar refractivity (Wildman–Crippen MR) is 59.4 cm³/mol. The molecule has 1 rings (SSSR count). The Morgan fingerprint density at radius 1 is 1.29 bits per heavy atom. The van der Waals surface area contributed by atoms with Crippen LogP contribution in [0.3, 0.4) is 0 Å². The van der Waals surface area contributed by atoms with Gasteiger partial charge in [0.05, 0.1) is 18.1 Å². The van der Waals surface area contributed by atoms with Gasteiger partial charge in [0.15, 0.2) is 0 Å². The fourth-order valence-corrected chi connectivity index (χ4v) is 1.45. The number of aliphatic hydroxyl groups excluding tert-OH is 2. The second-order valence-electron chi connectivity index (χ2n) is 3.33. The van der Waals surface area contributed by atoms with Crippen molar-refractivity contribution in [1.29, 1.82) is 0 Å². The molecule has 0 saturated carbocycles. The molecule has 0 heterocycles. The molecule has 0 aliphatic rings. The molecule has 1 aromatic rings. The van der Waals surface area contributed by atoms with Gasteiger partial charge in [-0.25, -0.2) is 0 Å². The molecule has 2 N–H and O–H groups in total. The molecule has 0 amide bonds. The summed E-state index contributed by atoms with van der Waals surface area (Å²) in [6, 6.07) is 3.46. The second-order valence-corrected chi connectivity index (χ2v) is 3.33. The van der Waals surface area contributed by atoms with Gasteiger partial charge in [-0.1, -0.05) is 0 Å². The van der Waals surface area contributed by atoms with Gasteiger partial charge in [0, 0.05) is 30.9 Å². The Kier molecular flexibility index (Phi) is 4.80. The minimum atomic E-state index is -0.937. The molecule has 7 heteroatoms. The summed E-state index contributed by atoms with van der Waals surface area (Å²) >= 11 is 0. The normalized spacial score (nSPS) is 10.3. The van der Waals surface area contributed by atoms with E-state index in [1.807, 2.05) is 0 Å². The quantitative estimate of drug-likeness (QED) is 0.563. The average molecular weight is 244 g/mol. The van der Waals surface area contributed by atoms with Crippen molar-refractivity contribution >= 4 is 11.4 Å². The summed E-state index contributed by atoms with van der Waals surface area (Å²) in [6.45, 7) is 0.132. The van der Waals surface area contributed by atoms with E-state index in [1.165, 1.54) is 11.0 Å². The monoisotopic (exact) mass is 244 g/mol. The number of halogens is 1. The van der Waals surface area contributed by atoms with E-state index < -0.39 is 16.4 Å². The number of nitrogens with zero attached hydrogens (tertiary/aromatic N) is 2. The smallest absolute Gasteiger partial charge is 0.304 e. The number of rotatable bonds is 6. The molecule has 0 fully saturated rings. The lowest BCUT2D eigenvalue weighted by molar-refractivity contribution is -0.387. The maximum absolute atomic E-state index is 13.3. The van der Waals surface area contributed by atoms with E-state index in [2.05, 4.69) is 0 Å². The van der Waals surface area contributed by atoms with Crippen molar-refractivity contribution in [1.82, 2.24) is 0 Å². The fraction of sp³-hybridized carbons (Fsp3) is 0.400. The van der Waals surface area contributed by atoms with Crippen LogP contribution in [0.1, 0.15) is 0 Å². The zero-order valence-corrected chi connectivity index (χ0v) is 9.04. The molecular formula is C10H13FN2O4. The van der Waals surface area contributed by atoms with Crippen molar-refractivity contribution in [3.8, 4) is 0 Å². The molecule has 0 atom stereocenters. The van der Waals surface area contributed by atoms with Crippen LogP contribution < -0.4 is 4.90 Å². The number of hydrogen-bond acceptors (Lipinski definition) is 5. The Balaban J connectivity index is 2.97. The molecule has 17 heavy (non-hydrogen) atoms. The maximum Gasteiger partial charge on any atom is 0.304 e. The first-order valence-corrected chi connectivity index (χ1v) is 5.00. The molecule has 0 saturated heterocycles. The highest BCUT2D eigenvalue weighted by atomic mass is 19.1. The standard InChI is InChI=1S/C10H13FN2O4/c11-9-7-8(1-2-10(9)13(16)17)12(3-5-14)4-6-15/h1-2,7,14-15H,3-6H2. The van der Waals surface area contributed by atoms with Crippen LogP contribution in [-0.4, -0.2) is 41.4 Å². The molecule has 6 nitrogen and oxygen atoms in total. The molecule has 0 radical (unpaired) electrons. The number of aliphatic hydroxyl groups is 2. The minimum Gasteiger partial charge on any atom is -0.395 e. The zero-order valence-electron chi connectivity index (χ0n) is 9.04. The summed E-state index contributed by atoms with van der Waals surface area (Å²) in [5, 5.41) is 28.0. The first-order valence-electron chi connectivity index (χ1n) is 5.00. The molecule has 0 spiro atoms. The highest BCUT2D eigenvalue weighted by Crippen LogP contribution is 2.23. The Morgan fingerprint density at radius 2 is 1.88 bits per heavy atom. The molecule has 0 aliphatic carbocycles. The predicted octanol–water partition coefficient (Wildman–Crippen LogP) is 0.525. The number of nitro groups is 1. The Morgan fingerprint density at radius 3 is 2.29 bits per heavy atom. The van der Waals surface area contributed by atoms with E-state index in [4.69, 9.17) is 10.2 Å². The minimum absolute atomic E-state index is 0.154. The van der Waals surface area contributed by atoms with Gasteiger partial charge in [0.2, 0.25) is 5.82 Å². The van der Waals surface area contributed by atoms with Crippen molar-refractivity contribution in [3.63, 3.8) is 0 Å². The summed E-state index contributed by atoms with van der Waals surface area (Å²) in [5.41, 5.74) is -0.210. The molecule has 0 bridgehead atoms. The van der Waals surface area contributed by atoms with Crippen molar-refractivity contribution < 1.29 is 19.5 Å². The summed E-state index contributed by atoms with van der Waals surface area (Å²) in [7, 11) is 0. The van der Waals surface area contributed by atoms with Crippen molar-refractivity contribution in [2.45, 2.75) is 0 Å². The van der Waals surface area contributed by atoms with Gasteiger partial charge >= 0.3 is 5.69 Å². The number of benzene rings is 1. The van der Waals surface area contributed by atoms with Crippen LogP contribution in [0, 0.1) is 15.9 Å². The van der Waals surface area contributed by atoms with Gasteiger partial charge in [-0.05, 0) is 6.07 Å². The number of anilines is 1. The Hall–Kier alpha value is -1.73. The third-order valence-corrected chi connectivity index (χ3v) is 2.23. The van der Waals surface area contributed by atoms with Gasteiger partial charge in [-0.3, -0.25) is 10.1 Å². The number of nitro benzene ring substituents is 1. The Labute approximate surface area is 97.1 Å². The molecule has 0 unspecified atom stereocenters. The van der Waals surface area contributed by atoms with E-state index in [-0.39, 0.29) is 26.3 Å². The molecular weight excluding hydrogens is 231 g/mol. The highest BCUT2D eigenvalue weighted by Gasteiger charge is 2.16. The lowest BCUT2D eigenvalue weighted by Crippen LogP contribution is -2.29. The van der Waals surface area contributed by atoms with Crippen LogP contribution >= 0.6 is 0 Å². The summed E-state index contributed by atoms with van der Waals surface area (Å²) in [4.78, 5) is 11.2. The van der Waals surface area contributed by atoms with Crippen LogP contribution in [-0.2, 0) is 0 Å². The van der Waals surface area contributed by atoms with Gasteiger partial charge in [-0.2, -0.15) is 4.39 Å². The van der Waals surface area contributed by atoms with E-state index >= 15 is 0 Å². The van der Waals surface area contributed by atoms with Gasteiger partial charge in [-0.15, -0.1) is 0 Å². The third kappa shape index (κ3) is 3.36. The Bertz CT molecular complexity index is 394. The van der Waals surface area contributed by atoms with Crippen LogP contribution in [0.2, 0.25) is 0 Å². The van der Waals surface area contributed by atoms with Gasteiger partial charge < -0.3 is 15.1 Å². The van der Waals surface area contributed by atoms with Crippen LogP contribution in [0.5, 0.6) is 0 Å². The van der Waals surface area contributed by atoms with Crippen molar-refractivity contribution in [3.05, 3.63) is 34.1 Å². The first-order chi connectivity index (χ1) is 8.10. The number of hydrogen-bond donors (Lipinski definition) is 2. The van der Waals surface area contributed by atoms with Gasteiger partial charge in [0.25, 0.3) is 0 Å². The topological polar surface area (TPSA) is 86.8 Å². The van der Waals surface area contributed by atoms with E-state index in [1.54, 1.807) is 0 Å². The molecule has 1 aromatic carbocycles. The molecule has 0 aliphatic heterocycles. The van der Waals surface area contributed by atoms with E-state index in [9.17, 15) is 14.5 Å². The highest BCUT2D eigenvalue weighted by molar-refractivity contribution is 5.51. The van der Waals surface area contributed by atoms with E-state index in [0.29, 0.717) is 5.69 Å². The van der Waals surface area contributed by atoms with Gasteiger partial charge in [0.1, 0.15) is 0 Å². The summed E-state index contributed by atoms with van der Waals surface area (Å²) in [6.07, 6.45) is 0. The van der Waals surface area contributed by atoms with Crippen LogP contribution in [0.25, 0.3) is 0 Å². The third-order valence-electron chi connectivity index (χ3n) is 2.23. The summed E-state index contributed by atoms with van der Waals surface area (Å²) < 4.78 is 13.3. The first kappa shape index (κ1) is 13.3. The average Bonchev–Trinajstić information content (AvgIpc) is 2.28. The fourth-order valence-electron chi connectivity index (χ4n) is 1.45. The van der Waals surface area contributed by atoms with Crippen LogP contribution in [0.4, 0.5) is 15.8 Å². The zero-order chi connectivity index (χ0) is 12.8. The SMILES string of the molecule is O=[N+]([O-])c1ccc(N(CCO)CCO)cc1F. The van der Waals surface area contributed by atoms with Crippen molar-refractivity contribution in [2.24, 2.45) is 0 Å². The lowest BCUT2D eigenvalue weighted by Gasteiger charge is -2.22. The largest absolute Gasteiger partial charge is 0.395 e. The van der Waals surface area contributed by atoms with Crippen molar-refractivity contribution in [2.75, 3.05) is 31.2 Å². The van der Waals surface area contributed by atoms with Crippen LogP contribution in [0.15, 0.2) is 18.2 Å². The summed E-state index contributed by atoms with van der Waals surface area (Å²) in [5.74, 6) is -0.937. The molecule has 94 valence electrons. The second kappa shape index (κ2) is 6.12. The maximum atomic E-state index is 13.3. The van der Waals surface area contributed by atoms with E-state index in [0.717, 1.165) is 12.1 Å². The lowest BCUT2D eigenvalue weighted by atomic mass is 10.2.